The third kappa shape index (κ3) is 3.38. The lowest BCUT2D eigenvalue weighted by Gasteiger charge is -2.25. The molecule has 4 aliphatic rings. The van der Waals surface area contributed by atoms with Gasteiger partial charge in [-0.1, -0.05) is 50.8 Å². The van der Waals surface area contributed by atoms with Crippen molar-refractivity contribution in [1.82, 2.24) is 0 Å². The monoisotopic (exact) mass is 422 g/mol. The lowest BCUT2D eigenvalue weighted by Crippen LogP contribution is -2.30. The maximum atomic E-state index is 13.8. The lowest BCUT2D eigenvalue weighted by molar-refractivity contribution is -0.146. The number of carbonyl (C=O) groups is 2. The number of hydrogen-bond donors (Lipinski definition) is 0. The largest absolute Gasteiger partial charge is 0.430 e. The molecule has 0 amide bonds. The Balaban J connectivity index is 1.62. The van der Waals surface area contributed by atoms with Crippen molar-refractivity contribution in [3.63, 3.8) is 0 Å². The van der Waals surface area contributed by atoms with E-state index in [9.17, 15) is 9.59 Å². The summed E-state index contributed by atoms with van der Waals surface area (Å²) < 4.78 is 12.4. The molecule has 0 spiro atoms. The van der Waals surface area contributed by atoms with Crippen LogP contribution in [-0.4, -0.2) is 24.0 Å². The van der Waals surface area contributed by atoms with Gasteiger partial charge < -0.3 is 9.47 Å². The van der Waals surface area contributed by atoms with Gasteiger partial charge >= 0.3 is 5.97 Å². The molecule has 0 aromatic heterocycles. The number of ether oxygens (including phenoxy) is 2. The SMILES string of the molecule is CCc1cc(C)cc(CC)c1C1=C(OC(=O)C2CCCCC2)[C@H]2[C@@H](C1=O)[C@@H]1CC[C@H]2O1. The summed E-state index contributed by atoms with van der Waals surface area (Å²) in [5.41, 5.74) is 5.29. The van der Waals surface area contributed by atoms with E-state index in [4.69, 9.17) is 9.47 Å². The van der Waals surface area contributed by atoms with E-state index in [1.807, 2.05) is 0 Å². The Morgan fingerprint density at radius 1 is 0.968 bits per heavy atom. The van der Waals surface area contributed by atoms with Crippen LogP contribution in [0.1, 0.15) is 81.0 Å². The highest BCUT2D eigenvalue weighted by atomic mass is 16.5. The highest BCUT2D eigenvalue weighted by molar-refractivity contribution is 6.26. The van der Waals surface area contributed by atoms with E-state index in [1.54, 1.807) is 0 Å². The maximum Gasteiger partial charge on any atom is 0.314 e. The number of fused-ring (bicyclic) bond motifs is 5. The van der Waals surface area contributed by atoms with E-state index in [1.165, 1.54) is 23.1 Å². The summed E-state index contributed by atoms with van der Waals surface area (Å²) in [7, 11) is 0. The fourth-order valence-corrected chi connectivity index (χ4v) is 6.51. The molecule has 4 heteroatoms. The van der Waals surface area contributed by atoms with E-state index in [2.05, 4.69) is 32.9 Å². The standard InChI is InChI=1S/C27H34O4/c1-4-16-13-15(3)14-17(5-2)21(16)24-25(28)22-19-11-12-20(30-19)23(22)26(24)31-27(29)18-9-7-6-8-10-18/h13-14,18-20,22-23H,4-12H2,1-3H3/t19-,20+,22-,23+/m0/s1. The second-order valence-corrected chi connectivity index (χ2v) is 9.87. The molecule has 3 fully saturated rings. The summed E-state index contributed by atoms with van der Waals surface area (Å²) in [6, 6.07) is 4.38. The van der Waals surface area contributed by atoms with Crippen molar-refractivity contribution < 1.29 is 19.1 Å². The van der Waals surface area contributed by atoms with Crippen molar-refractivity contribution >= 4 is 17.3 Å². The van der Waals surface area contributed by atoms with E-state index in [0.717, 1.165) is 56.9 Å². The van der Waals surface area contributed by atoms with E-state index >= 15 is 0 Å². The summed E-state index contributed by atoms with van der Waals surface area (Å²) in [4.78, 5) is 27.0. The van der Waals surface area contributed by atoms with Gasteiger partial charge in [0, 0.05) is 0 Å². The first-order valence-corrected chi connectivity index (χ1v) is 12.3. The Kier molecular flexibility index (Phi) is 5.54. The number of benzene rings is 1. The van der Waals surface area contributed by atoms with Crippen molar-refractivity contribution in [1.29, 1.82) is 0 Å². The van der Waals surface area contributed by atoms with Gasteiger partial charge in [0.15, 0.2) is 5.78 Å². The molecule has 5 rings (SSSR count). The normalized spacial score (nSPS) is 30.2. The van der Waals surface area contributed by atoms with Gasteiger partial charge in [0.2, 0.25) is 0 Å². The van der Waals surface area contributed by atoms with Crippen LogP contribution in [0.4, 0.5) is 0 Å². The first-order valence-electron chi connectivity index (χ1n) is 12.3. The third-order valence-corrected chi connectivity index (χ3v) is 7.98. The maximum absolute atomic E-state index is 13.8. The van der Waals surface area contributed by atoms with Crippen molar-refractivity contribution in [3.8, 4) is 0 Å². The number of ketones is 1. The molecule has 2 bridgehead atoms. The lowest BCUT2D eigenvalue weighted by atomic mass is 9.80. The molecule has 2 aliphatic carbocycles. The average Bonchev–Trinajstić information content (AvgIpc) is 3.47. The summed E-state index contributed by atoms with van der Waals surface area (Å²) in [5.74, 6) is 0.322. The first kappa shape index (κ1) is 20.9. The molecule has 166 valence electrons. The number of aryl methyl sites for hydroxylation is 3. The van der Waals surface area contributed by atoms with Crippen LogP contribution in [0.15, 0.2) is 17.9 Å². The number of hydrogen-bond acceptors (Lipinski definition) is 4. The fraction of sp³-hybridized carbons (Fsp3) is 0.630. The molecule has 31 heavy (non-hydrogen) atoms. The number of Topliss-reactive ketones (excluding diaryl/α,β-unsaturated/α-hetero) is 1. The highest BCUT2D eigenvalue weighted by Gasteiger charge is 2.60. The Labute approximate surface area is 185 Å². The van der Waals surface area contributed by atoms with Gasteiger partial charge in [-0.2, -0.15) is 0 Å². The van der Waals surface area contributed by atoms with Crippen LogP contribution in [0.5, 0.6) is 0 Å². The predicted molar refractivity (Wildman–Crippen MR) is 119 cm³/mol. The van der Waals surface area contributed by atoms with Crippen LogP contribution in [-0.2, 0) is 31.9 Å². The van der Waals surface area contributed by atoms with Crippen LogP contribution in [0.3, 0.4) is 0 Å². The fourth-order valence-electron chi connectivity index (χ4n) is 6.51. The molecular formula is C27H34O4. The van der Waals surface area contributed by atoms with Crippen LogP contribution in [0.2, 0.25) is 0 Å². The molecule has 0 N–H and O–H groups in total. The Hall–Kier alpha value is -1.94. The molecule has 2 aliphatic heterocycles. The van der Waals surface area contributed by atoms with E-state index < -0.39 is 0 Å². The van der Waals surface area contributed by atoms with Crippen molar-refractivity contribution in [2.75, 3.05) is 0 Å². The zero-order valence-corrected chi connectivity index (χ0v) is 19.0. The van der Waals surface area contributed by atoms with Gasteiger partial charge in [-0.25, -0.2) is 0 Å². The van der Waals surface area contributed by atoms with Gasteiger partial charge in [-0.05, 0) is 62.1 Å². The number of rotatable bonds is 5. The van der Waals surface area contributed by atoms with Crippen LogP contribution < -0.4 is 0 Å². The smallest absolute Gasteiger partial charge is 0.314 e. The molecule has 0 radical (unpaired) electrons. The summed E-state index contributed by atoms with van der Waals surface area (Å²) in [5, 5.41) is 0. The van der Waals surface area contributed by atoms with Crippen LogP contribution in [0, 0.1) is 24.7 Å². The Bertz CT molecular complexity index is 912. The topological polar surface area (TPSA) is 52.6 Å². The Morgan fingerprint density at radius 2 is 1.58 bits per heavy atom. The highest BCUT2D eigenvalue weighted by Crippen LogP contribution is 2.55. The minimum atomic E-state index is -0.182. The molecule has 4 nitrogen and oxygen atoms in total. The molecule has 0 unspecified atom stereocenters. The number of carbonyl (C=O) groups excluding carboxylic acids is 2. The zero-order chi connectivity index (χ0) is 21.7. The molecular weight excluding hydrogens is 388 g/mol. The van der Waals surface area contributed by atoms with Crippen molar-refractivity contribution in [2.45, 2.75) is 90.8 Å². The summed E-state index contributed by atoms with van der Waals surface area (Å²) in [6.45, 7) is 6.39. The Morgan fingerprint density at radius 3 is 2.19 bits per heavy atom. The second-order valence-electron chi connectivity index (χ2n) is 9.87. The van der Waals surface area contributed by atoms with Gasteiger partial charge in [0.25, 0.3) is 0 Å². The average molecular weight is 423 g/mol. The van der Waals surface area contributed by atoms with Gasteiger partial charge in [-0.3, -0.25) is 9.59 Å². The molecule has 1 aromatic carbocycles. The van der Waals surface area contributed by atoms with Crippen molar-refractivity contribution in [3.05, 3.63) is 40.1 Å². The number of allylic oxidation sites excluding steroid dienone is 1. The van der Waals surface area contributed by atoms with Gasteiger partial charge in [-0.15, -0.1) is 0 Å². The van der Waals surface area contributed by atoms with Crippen LogP contribution in [0.25, 0.3) is 5.57 Å². The minimum absolute atomic E-state index is 0.00575. The minimum Gasteiger partial charge on any atom is -0.430 e. The third-order valence-electron chi connectivity index (χ3n) is 7.98. The summed E-state index contributed by atoms with van der Waals surface area (Å²) >= 11 is 0. The second kappa shape index (κ2) is 8.20. The van der Waals surface area contributed by atoms with Crippen molar-refractivity contribution in [2.24, 2.45) is 17.8 Å². The first-order chi connectivity index (χ1) is 15.0. The number of esters is 1. The van der Waals surface area contributed by atoms with E-state index in [-0.39, 0.29) is 41.7 Å². The molecule has 1 saturated carbocycles. The molecule has 2 heterocycles. The van der Waals surface area contributed by atoms with Gasteiger partial charge in [0.1, 0.15) is 5.76 Å². The quantitative estimate of drug-likeness (QED) is 0.602. The van der Waals surface area contributed by atoms with Gasteiger partial charge in [0.05, 0.1) is 35.5 Å². The van der Waals surface area contributed by atoms with Crippen LogP contribution >= 0.6 is 0 Å². The molecule has 4 atom stereocenters. The summed E-state index contributed by atoms with van der Waals surface area (Å²) in [6.07, 6.45) is 8.73. The molecule has 1 aromatic rings. The predicted octanol–water partition coefficient (Wildman–Crippen LogP) is 5.33. The van der Waals surface area contributed by atoms with E-state index in [0.29, 0.717) is 11.3 Å². The zero-order valence-electron chi connectivity index (χ0n) is 19.0. The molecule has 2 saturated heterocycles.